The lowest BCUT2D eigenvalue weighted by Gasteiger charge is -2.38. The molecule has 0 saturated carbocycles. The second-order valence-corrected chi connectivity index (χ2v) is 5.37. The molecule has 1 aromatic rings. The van der Waals surface area contributed by atoms with Gasteiger partial charge in [-0.15, -0.1) is 0 Å². The summed E-state index contributed by atoms with van der Waals surface area (Å²) in [6.45, 7) is 3.00. The molecule has 1 rings (SSSR count). The van der Waals surface area contributed by atoms with Crippen molar-refractivity contribution < 1.29 is 40.2 Å². The van der Waals surface area contributed by atoms with E-state index in [2.05, 4.69) is 0 Å². The van der Waals surface area contributed by atoms with Gasteiger partial charge in [-0.1, -0.05) is 12.1 Å². The number of halogens is 7. The van der Waals surface area contributed by atoms with Gasteiger partial charge in [-0.2, -0.15) is 26.3 Å². The lowest BCUT2D eigenvalue weighted by molar-refractivity contribution is -0.353. The van der Waals surface area contributed by atoms with E-state index in [0.717, 1.165) is 14.0 Å². The van der Waals surface area contributed by atoms with Gasteiger partial charge < -0.3 is 9.47 Å². The molecule has 0 fully saturated rings. The van der Waals surface area contributed by atoms with Crippen LogP contribution in [0.1, 0.15) is 25.8 Å². The van der Waals surface area contributed by atoms with Crippen molar-refractivity contribution >= 4 is 0 Å². The van der Waals surface area contributed by atoms with Gasteiger partial charge in [0.25, 0.3) is 0 Å². The van der Waals surface area contributed by atoms with Crippen LogP contribution < -0.4 is 4.74 Å². The predicted molar refractivity (Wildman–Crippen MR) is 72.5 cm³/mol. The molecule has 1 unspecified atom stereocenters. The Morgan fingerprint density at radius 1 is 0.875 bits per heavy atom. The molecule has 0 aliphatic carbocycles. The van der Waals surface area contributed by atoms with E-state index < -0.39 is 30.0 Å². The highest BCUT2D eigenvalue weighted by atomic mass is 19.4. The van der Waals surface area contributed by atoms with E-state index in [1.165, 1.54) is 24.3 Å². The third kappa shape index (κ3) is 3.93. The van der Waals surface area contributed by atoms with Crippen LogP contribution in [0.5, 0.6) is 5.75 Å². The maximum absolute atomic E-state index is 14.0. The molecular weight excluding hydrogens is 345 g/mol. The summed E-state index contributed by atoms with van der Waals surface area (Å²) in [5.41, 5.74) is -7.59. The maximum atomic E-state index is 14.0. The summed E-state index contributed by atoms with van der Waals surface area (Å²) in [4.78, 5) is 0. The van der Waals surface area contributed by atoms with Crippen molar-refractivity contribution in [3.8, 4) is 5.75 Å². The molecule has 0 aromatic heterocycles. The van der Waals surface area contributed by atoms with Crippen molar-refractivity contribution in [1.29, 1.82) is 0 Å². The lowest BCUT2D eigenvalue weighted by Crippen LogP contribution is -2.56. The number of benzene rings is 1. The summed E-state index contributed by atoms with van der Waals surface area (Å²) in [7, 11) is 0.920. The smallest absolute Gasteiger partial charge is 0.431 e. The molecule has 1 aromatic carbocycles. The van der Waals surface area contributed by atoms with Gasteiger partial charge in [0, 0.05) is 13.5 Å². The first kappa shape index (κ1) is 20.5. The Hall–Kier alpha value is -1.51. The minimum absolute atomic E-state index is 0.0380. The van der Waals surface area contributed by atoms with Crippen LogP contribution in [0.25, 0.3) is 0 Å². The number of alkyl halides is 7. The topological polar surface area (TPSA) is 18.5 Å². The van der Waals surface area contributed by atoms with Crippen molar-refractivity contribution in [1.82, 2.24) is 0 Å². The van der Waals surface area contributed by atoms with Crippen LogP contribution in [0, 0.1) is 0 Å². The molecule has 0 radical (unpaired) electrons. The molecule has 24 heavy (non-hydrogen) atoms. The molecule has 0 heterocycles. The first-order valence-corrected chi connectivity index (χ1v) is 6.91. The molecule has 0 amide bonds. The Balaban J connectivity index is 3.26. The summed E-state index contributed by atoms with van der Waals surface area (Å²) in [6.07, 6.45) is -14.2. The van der Waals surface area contributed by atoms with E-state index in [4.69, 9.17) is 9.47 Å². The number of ether oxygens (including phenoxy) is 2. The van der Waals surface area contributed by atoms with Crippen LogP contribution in [0.4, 0.5) is 30.7 Å². The predicted octanol–water partition coefficient (Wildman–Crippen LogP) is 5.17. The van der Waals surface area contributed by atoms with E-state index in [1.54, 1.807) is 6.92 Å². The number of hydrogen-bond acceptors (Lipinski definition) is 2. The minimum atomic E-state index is -6.13. The normalized spacial score (nSPS) is 15.9. The van der Waals surface area contributed by atoms with Gasteiger partial charge in [0.05, 0.1) is 12.2 Å². The monoisotopic (exact) mass is 362 g/mol. The molecular formula is C15H17F7O2. The molecule has 2 nitrogen and oxygen atoms in total. The Kier molecular flexibility index (Phi) is 5.80. The van der Waals surface area contributed by atoms with Crippen molar-refractivity contribution in [2.45, 2.75) is 43.9 Å². The zero-order valence-electron chi connectivity index (χ0n) is 13.2. The molecule has 0 aliphatic heterocycles. The lowest BCUT2D eigenvalue weighted by atomic mass is 9.83. The van der Waals surface area contributed by atoms with E-state index in [1.807, 2.05) is 0 Å². The Labute approximate surface area is 134 Å². The van der Waals surface area contributed by atoms with Gasteiger partial charge in [0.2, 0.25) is 0 Å². The zero-order valence-corrected chi connectivity index (χ0v) is 13.2. The highest BCUT2D eigenvalue weighted by Crippen LogP contribution is 2.52. The minimum Gasteiger partial charge on any atom is -0.494 e. The summed E-state index contributed by atoms with van der Waals surface area (Å²) in [5.74, 6) is 0.373. The van der Waals surface area contributed by atoms with Crippen LogP contribution >= 0.6 is 0 Å². The molecule has 0 saturated heterocycles. The molecule has 0 bridgehead atoms. The Bertz CT molecular complexity index is 522. The zero-order chi connectivity index (χ0) is 18.8. The van der Waals surface area contributed by atoms with Gasteiger partial charge in [-0.05, 0) is 31.5 Å². The first-order chi connectivity index (χ1) is 10.8. The highest BCUT2D eigenvalue weighted by Gasteiger charge is 2.74. The van der Waals surface area contributed by atoms with Crippen molar-refractivity contribution in [3.63, 3.8) is 0 Å². The van der Waals surface area contributed by atoms with Crippen LogP contribution in [0.15, 0.2) is 24.3 Å². The van der Waals surface area contributed by atoms with E-state index in [9.17, 15) is 30.7 Å². The molecule has 9 heteroatoms. The van der Waals surface area contributed by atoms with E-state index in [-0.39, 0.29) is 5.56 Å². The van der Waals surface area contributed by atoms with E-state index >= 15 is 0 Å². The largest absolute Gasteiger partial charge is 0.494 e. The fourth-order valence-corrected chi connectivity index (χ4v) is 2.19. The summed E-state index contributed by atoms with van der Waals surface area (Å²) < 4.78 is 101. The van der Waals surface area contributed by atoms with Gasteiger partial charge in [-0.3, -0.25) is 0 Å². The second kappa shape index (κ2) is 6.78. The Morgan fingerprint density at radius 3 is 1.67 bits per heavy atom. The molecule has 0 aliphatic rings. The van der Waals surface area contributed by atoms with E-state index in [0.29, 0.717) is 12.4 Å². The van der Waals surface area contributed by atoms with Crippen LogP contribution in [0.2, 0.25) is 0 Å². The van der Waals surface area contributed by atoms with Crippen LogP contribution in [0.3, 0.4) is 0 Å². The Morgan fingerprint density at radius 2 is 1.33 bits per heavy atom. The number of methoxy groups -OCH3 is 1. The number of hydrogen-bond donors (Lipinski definition) is 0. The van der Waals surface area contributed by atoms with Crippen LogP contribution in [-0.2, 0) is 10.3 Å². The fraction of sp³-hybridized carbons (Fsp3) is 0.600. The summed E-state index contributed by atoms with van der Waals surface area (Å²) in [6, 6.07) is 5.19. The summed E-state index contributed by atoms with van der Waals surface area (Å²) in [5, 5.41) is 0. The highest BCUT2D eigenvalue weighted by molar-refractivity contribution is 5.31. The average molecular weight is 362 g/mol. The number of rotatable bonds is 6. The molecule has 0 N–H and O–H groups in total. The second-order valence-electron chi connectivity index (χ2n) is 5.37. The first-order valence-electron chi connectivity index (χ1n) is 6.91. The van der Waals surface area contributed by atoms with Crippen molar-refractivity contribution in [2.24, 2.45) is 0 Å². The molecule has 138 valence electrons. The van der Waals surface area contributed by atoms with Gasteiger partial charge >= 0.3 is 18.0 Å². The molecule has 1 atom stereocenters. The SMILES string of the molecule is CCOc1ccc(C(C)(CC(F)(C(F)(F)F)C(F)(F)F)OC)cc1. The summed E-state index contributed by atoms with van der Waals surface area (Å²) >= 11 is 0. The van der Waals surface area contributed by atoms with Gasteiger partial charge in [0.1, 0.15) is 5.75 Å². The van der Waals surface area contributed by atoms with Gasteiger partial charge in [0.15, 0.2) is 0 Å². The van der Waals surface area contributed by atoms with Gasteiger partial charge in [-0.25, -0.2) is 4.39 Å². The maximum Gasteiger partial charge on any atom is 0.431 e. The third-order valence-corrected chi connectivity index (χ3v) is 3.71. The van der Waals surface area contributed by atoms with Crippen LogP contribution in [-0.4, -0.2) is 31.7 Å². The van der Waals surface area contributed by atoms with Crippen molar-refractivity contribution in [3.05, 3.63) is 29.8 Å². The third-order valence-electron chi connectivity index (χ3n) is 3.71. The standard InChI is InChI=1S/C15H17F7O2/c1-4-24-11-7-5-10(6-8-11)12(2,23-3)9-13(16,14(17,18)19)15(20,21)22/h5-8H,4,9H2,1-3H3. The molecule has 0 spiro atoms. The fourth-order valence-electron chi connectivity index (χ4n) is 2.19. The quantitative estimate of drug-likeness (QED) is 0.650. The average Bonchev–Trinajstić information content (AvgIpc) is 2.45. The van der Waals surface area contributed by atoms with Crippen molar-refractivity contribution in [2.75, 3.05) is 13.7 Å².